The van der Waals surface area contributed by atoms with Crippen molar-refractivity contribution in [2.75, 3.05) is 12.0 Å². The smallest absolute Gasteiger partial charge is 0.329 e. The van der Waals surface area contributed by atoms with E-state index < -0.39 is 22.8 Å². The number of esters is 1. The van der Waals surface area contributed by atoms with Crippen molar-refractivity contribution in [1.29, 1.82) is 0 Å². The van der Waals surface area contributed by atoms with Gasteiger partial charge in [0, 0.05) is 12.1 Å². The van der Waals surface area contributed by atoms with E-state index in [2.05, 4.69) is 5.32 Å². The first-order valence-corrected chi connectivity index (χ1v) is 10.1. The van der Waals surface area contributed by atoms with Gasteiger partial charge in [-0.15, -0.1) is 0 Å². The summed E-state index contributed by atoms with van der Waals surface area (Å²) in [5.74, 6) is -0.378. The van der Waals surface area contributed by atoms with E-state index in [0.717, 1.165) is 0 Å². The predicted octanol–water partition coefficient (Wildman–Crippen LogP) is 3.84. The van der Waals surface area contributed by atoms with Gasteiger partial charge in [0.15, 0.2) is 0 Å². The maximum Gasteiger partial charge on any atom is 0.329 e. The van der Waals surface area contributed by atoms with E-state index in [0.29, 0.717) is 22.8 Å². The first kappa shape index (κ1) is 21.7. The van der Waals surface area contributed by atoms with Gasteiger partial charge in [-0.05, 0) is 48.3 Å². The van der Waals surface area contributed by atoms with Crippen LogP contribution < -0.4 is 5.32 Å². The van der Waals surface area contributed by atoms with Crippen LogP contribution in [0.2, 0.25) is 5.02 Å². The fraction of sp³-hybridized carbons (Fsp3) is 0.263. The molecule has 0 aliphatic rings. The summed E-state index contributed by atoms with van der Waals surface area (Å²) < 4.78 is 5.29. The maximum absolute atomic E-state index is 12.5. The van der Waals surface area contributed by atoms with E-state index in [4.69, 9.17) is 16.3 Å². The second-order valence-electron chi connectivity index (χ2n) is 5.82. The van der Waals surface area contributed by atoms with Gasteiger partial charge in [-0.1, -0.05) is 23.7 Å². The maximum atomic E-state index is 12.5. The van der Waals surface area contributed by atoms with Crippen LogP contribution in [0.25, 0.3) is 0 Å². The Kier molecular flexibility index (Phi) is 8.28. The van der Waals surface area contributed by atoms with E-state index in [-0.39, 0.29) is 17.9 Å². The van der Waals surface area contributed by atoms with Gasteiger partial charge < -0.3 is 10.1 Å². The molecule has 28 heavy (non-hydrogen) atoms. The van der Waals surface area contributed by atoms with Crippen molar-refractivity contribution in [1.82, 2.24) is 5.32 Å². The van der Waals surface area contributed by atoms with Crippen molar-refractivity contribution < 1.29 is 19.2 Å². The number of non-ortho nitro benzene ring substituents is 1. The van der Waals surface area contributed by atoms with Crippen LogP contribution in [0.3, 0.4) is 0 Å². The number of nitrogens with one attached hydrogen (secondary N) is 1. The van der Waals surface area contributed by atoms with Gasteiger partial charge in [-0.3, -0.25) is 14.9 Å². The molecule has 0 spiro atoms. The quantitative estimate of drug-likeness (QED) is 0.374. The summed E-state index contributed by atoms with van der Waals surface area (Å²) >= 11 is 7.58. The molecule has 1 N–H and O–H groups in total. The number of thioether (sulfide) groups is 1. The monoisotopic (exact) mass is 422 g/mol. The first-order valence-electron chi connectivity index (χ1n) is 8.36. The number of carbonyl (C=O) groups is 2. The van der Waals surface area contributed by atoms with Crippen LogP contribution in [0.4, 0.5) is 5.69 Å². The number of nitro groups is 1. The van der Waals surface area contributed by atoms with Gasteiger partial charge in [0.1, 0.15) is 12.6 Å². The van der Waals surface area contributed by atoms with Gasteiger partial charge in [0.2, 0.25) is 0 Å². The zero-order valence-corrected chi connectivity index (χ0v) is 16.7. The van der Waals surface area contributed by atoms with Crippen LogP contribution in [0.5, 0.6) is 0 Å². The van der Waals surface area contributed by atoms with Gasteiger partial charge >= 0.3 is 5.97 Å². The third kappa shape index (κ3) is 6.24. The molecule has 2 aromatic rings. The van der Waals surface area contributed by atoms with Crippen molar-refractivity contribution in [3.8, 4) is 0 Å². The molecule has 0 saturated heterocycles. The van der Waals surface area contributed by atoms with Gasteiger partial charge in [0.25, 0.3) is 11.6 Å². The standard InChI is InChI=1S/C19H19ClN2O5S/c1-28-11-10-17(21-18(23)15-4-2-3-5-16(15)20)19(24)27-12-13-6-8-14(9-7-13)22(25)26/h2-9,17H,10-12H2,1H3,(H,21,23). The molecule has 1 atom stereocenters. The molecule has 1 amide bonds. The molecule has 9 heteroatoms. The Morgan fingerprint density at radius 1 is 1.21 bits per heavy atom. The Labute approximate surface area is 171 Å². The van der Waals surface area contributed by atoms with Crippen molar-refractivity contribution in [2.24, 2.45) is 0 Å². The predicted molar refractivity (Wildman–Crippen MR) is 109 cm³/mol. The largest absolute Gasteiger partial charge is 0.459 e. The molecule has 1 unspecified atom stereocenters. The number of hydrogen-bond acceptors (Lipinski definition) is 6. The fourth-order valence-corrected chi connectivity index (χ4v) is 3.03. The number of ether oxygens (including phenoxy) is 1. The summed E-state index contributed by atoms with van der Waals surface area (Å²) in [5, 5.41) is 13.6. The third-order valence-corrected chi connectivity index (χ3v) is 4.82. The zero-order chi connectivity index (χ0) is 20.5. The van der Waals surface area contributed by atoms with Crippen molar-refractivity contribution in [3.05, 3.63) is 74.8 Å². The zero-order valence-electron chi connectivity index (χ0n) is 15.1. The average molecular weight is 423 g/mol. The van der Waals surface area contributed by atoms with Crippen LogP contribution in [0.1, 0.15) is 22.3 Å². The van der Waals surface area contributed by atoms with Crippen LogP contribution in [-0.2, 0) is 16.1 Å². The van der Waals surface area contributed by atoms with Crippen LogP contribution in [0, 0.1) is 10.1 Å². The molecule has 0 aromatic heterocycles. The minimum Gasteiger partial charge on any atom is -0.459 e. The summed E-state index contributed by atoms with van der Waals surface area (Å²) in [6, 6.07) is 11.5. The molecule has 0 aliphatic heterocycles. The van der Waals surface area contributed by atoms with E-state index in [1.54, 1.807) is 36.0 Å². The van der Waals surface area contributed by atoms with Crippen molar-refractivity contribution >= 4 is 40.9 Å². The summed E-state index contributed by atoms with van der Waals surface area (Å²) in [4.78, 5) is 35.1. The summed E-state index contributed by atoms with van der Waals surface area (Å²) in [7, 11) is 0. The lowest BCUT2D eigenvalue weighted by molar-refractivity contribution is -0.384. The molecule has 2 rings (SSSR count). The summed E-state index contributed by atoms with van der Waals surface area (Å²) in [6.45, 7) is -0.0471. The van der Waals surface area contributed by atoms with Crippen LogP contribution >= 0.6 is 23.4 Å². The molecule has 7 nitrogen and oxygen atoms in total. The molecule has 0 bridgehead atoms. The van der Waals surface area contributed by atoms with E-state index >= 15 is 0 Å². The topological polar surface area (TPSA) is 98.5 Å². The third-order valence-electron chi connectivity index (χ3n) is 3.85. The SMILES string of the molecule is CSCCC(NC(=O)c1ccccc1Cl)C(=O)OCc1ccc([N+](=O)[O-])cc1. The lowest BCUT2D eigenvalue weighted by Crippen LogP contribution is -2.42. The van der Waals surface area contributed by atoms with Crippen molar-refractivity contribution in [3.63, 3.8) is 0 Å². The minimum absolute atomic E-state index is 0.0417. The number of carbonyl (C=O) groups excluding carboxylic acids is 2. The Balaban J connectivity index is 2.00. The second kappa shape index (κ2) is 10.7. The van der Waals surface area contributed by atoms with Crippen LogP contribution in [0.15, 0.2) is 48.5 Å². The summed E-state index contributed by atoms with van der Waals surface area (Å²) in [5.41, 5.74) is 0.849. The highest BCUT2D eigenvalue weighted by Crippen LogP contribution is 2.16. The number of amides is 1. The highest BCUT2D eigenvalue weighted by molar-refractivity contribution is 7.98. The first-order chi connectivity index (χ1) is 13.4. The van der Waals surface area contributed by atoms with E-state index in [1.807, 2.05) is 6.26 Å². The highest BCUT2D eigenvalue weighted by atomic mass is 35.5. The molecule has 148 valence electrons. The number of rotatable bonds is 9. The number of nitrogens with zero attached hydrogens (tertiary/aromatic N) is 1. The molecule has 0 radical (unpaired) electrons. The second-order valence-corrected chi connectivity index (χ2v) is 7.21. The minimum atomic E-state index is -0.825. The molecule has 2 aromatic carbocycles. The molecule has 0 saturated carbocycles. The molecule has 0 heterocycles. The van der Waals surface area contributed by atoms with Gasteiger partial charge in [-0.25, -0.2) is 4.79 Å². The van der Waals surface area contributed by atoms with E-state index in [9.17, 15) is 19.7 Å². The summed E-state index contributed by atoms with van der Waals surface area (Å²) in [6.07, 6.45) is 2.30. The number of hydrogen-bond donors (Lipinski definition) is 1. The van der Waals surface area contributed by atoms with Gasteiger partial charge in [-0.2, -0.15) is 11.8 Å². The Morgan fingerprint density at radius 3 is 2.50 bits per heavy atom. The lowest BCUT2D eigenvalue weighted by Gasteiger charge is -2.18. The van der Waals surface area contributed by atoms with E-state index in [1.165, 1.54) is 24.3 Å². The molecule has 0 fully saturated rings. The fourth-order valence-electron chi connectivity index (χ4n) is 2.33. The van der Waals surface area contributed by atoms with Crippen LogP contribution in [-0.4, -0.2) is 34.9 Å². The Bertz CT molecular complexity index is 844. The van der Waals surface area contributed by atoms with Gasteiger partial charge in [0.05, 0.1) is 15.5 Å². The number of halogens is 1. The highest BCUT2D eigenvalue weighted by Gasteiger charge is 2.23. The average Bonchev–Trinajstić information content (AvgIpc) is 2.69. The van der Waals surface area contributed by atoms with Crippen molar-refractivity contribution in [2.45, 2.75) is 19.1 Å². The normalized spacial score (nSPS) is 11.5. The number of benzene rings is 2. The molecular formula is C19H19ClN2O5S. The lowest BCUT2D eigenvalue weighted by atomic mass is 10.1. The molecule has 0 aliphatic carbocycles. The Hall–Kier alpha value is -2.58. The number of nitro benzene ring substituents is 1. The molecular weight excluding hydrogens is 404 g/mol. The Morgan fingerprint density at radius 2 is 1.89 bits per heavy atom.